The van der Waals surface area contributed by atoms with E-state index in [4.69, 9.17) is 0 Å². The van der Waals surface area contributed by atoms with Crippen LogP contribution in [-0.4, -0.2) is 30.2 Å². The third-order valence-corrected chi connectivity index (χ3v) is 5.18. The first-order valence-electron chi connectivity index (χ1n) is 10.4. The van der Waals surface area contributed by atoms with Crippen LogP contribution in [0.1, 0.15) is 87.8 Å². The van der Waals surface area contributed by atoms with Crippen LogP contribution in [0, 0.1) is 0 Å². The fraction of sp³-hybridized carbons (Fsp3) is 0.696. The predicted molar refractivity (Wildman–Crippen MR) is 117 cm³/mol. The highest BCUT2D eigenvalue weighted by Crippen LogP contribution is 2.16. The summed E-state index contributed by atoms with van der Waals surface area (Å²) in [6, 6.07) is 7.04. The van der Waals surface area contributed by atoms with Gasteiger partial charge in [-0.3, -0.25) is 0 Å². The fourth-order valence-electron chi connectivity index (χ4n) is 3.35. The monoisotopic (exact) mass is 487 g/mol. The summed E-state index contributed by atoms with van der Waals surface area (Å²) in [4.78, 5) is 0. The predicted octanol–water partition coefficient (Wildman–Crippen LogP) is 3.78. The van der Waals surface area contributed by atoms with E-state index in [1.807, 2.05) is 0 Å². The minimum Gasteiger partial charge on any atom is -1.00 e. The van der Waals surface area contributed by atoms with Gasteiger partial charge < -0.3 is 17.0 Å². The van der Waals surface area contributed by atoms with Crippen molar-refractivity contribution in [3.05, 3.63) is 34.9 Å². The third-order valence-electron chi connectivity index (χ3n) is 4.79. The summed E-state index contributed by atoms with van der Waals surface area (Å²) in [6.45, 7) is 2.29. The van der Waals surface area contributed by atoms with Gasteiger partial charge in [-0.2, -0.15) is 0 Å². The fourth-order valence-corrected chi connectivity index (χ4v) is 3.78. The first-order valence-corrected chi connectivity index (χ1v) is 11.5. The molecule has 0 atom stereocenters. The number of nitrogens with zero attached hydrogens (tertiary/aromatic N) is 1. The Balaban J connectivity index is 0.00000625. The standard InChI is InChI=1S/C23H39BrN.BrH/c1-4-5-6-7-8-9-10-11-12-13-14-21-15-16-23(20-25(2)3)22(19-21)17-18-24;/h15-16,19-20H,4-14,17-18H2,1-3H3;1H/q+1;/p-1. The van der Waals surface area contributed by atoms with Crippen molar-refractivity contribution < 1.29 is 21.6 Å². The molecule has 0 N–H and O–H groups in total. The zero-order valence-corrected chi connectivity index (χ0v) is 20.4. The van der Waals surface area contributed by atoms with Crippen LogP contribution in [0.25, 0.3) is 0 Å². The third kappa shape index (κ3) is 12.3. The van der Waals surface area contributed by atoms with Crippen molar-refractivity contribution in [1.29, 1.82) is 0 Å². The van der Waals surface area contributed by atoms with Crippen molar-refractivity contribution in [3.63, 3.8) is 0 Å². The molecule has 1 aromatic rings. The van der Waals surface area contributed by atoms with Crippen molar-refractivity contribution >= 4 is 22.1 Å². The van der Waals surface area contributed by atoms with Crippen LogP contribution in [0.5, 0.6) is 0 Å². The first-order chi connectivity index (χ1) is 12.2. The van der Waals surface area contributed by atoms with Gasteiger partial charge in [0, 0.05) is 10.9 Å². The smallest absolute Gasteiger partial charge is 0.170 e. The highest BCUT2D eigenvalue weighted by molar-refractivity contribution is 9.09. The van der Waals surface area contributed by atoms with Crippen LogP contribution in [0.15, 0.2) is 18.2 Å². The van der Waals surface area contributed by atoms with Gasteiger partial charge in [0.1, 0.15) is 14.1 Å². The van der Waals surface area contributed by atoms with E-state index < -0.39 is 0 Å². The summed E-state index contributed by atoms with van der Waals surface area (Å²) in [5.74, 6) is 0. The van der Waals surface area contributed by atoms with E-state index in [1.54, 1.807) is 0 Å². The van der Waals surface area contributed by atoms with Gasteiger partial charge in [-0.25, -0.2) is 4.58 Å². The van der Waals surface area contributed by atoms with E-state index in [2.05, 4.69) is 65.9 Å². The lowest BCUT2D eigenvalue weighted by molar-refractivity contribution is -0.458. The second-order valence-electron chi connectivity index (χ2n) is 7.50. The summed E-state index contributed by atoms with van der Waals surface area (Å²) in [5, 5.41) is 1.03. The molecule has 1 aromatic carbocycles. The second-order valence-corrected chi connectivity index (χ2v) is 8.29. The molecule has 0 saturated heterocycles. The van der Waals surface area contributed by atoms with E-state index >= 15 is 0 Å². The molecule has 0 fully saturated rings. The summed E-state index contributed by atoms with van der Waals surface area (Å²) < 4.78 is 2.13. The van der Waals surface area contributed by atoms with Crippen molar-refractivity contribution in [2.24, 2.45) is 0 Å². The maximum Gasteiger partial charge on any atom is 0.170 e. The van der Waals surface area contributed by atoms with E-state index in [1.165, 1.54) is 87.3 Å². The molecule has 0 saturated carbocycles. The Morgan fingerprint density at radius 2 is 1.42 bits per heavy atom. The van der Waals surface area contributed by atoms with Gasteiger partial charge >= 0.3 is 0 Å². The average Bonchev–Trinajstić information content (AvgIpc) is 2.58. The number of aryl methyl sites for hydroxylation is 2. The molecule has 0 aliphatic heterocycles. The molecular weight excluding hydrogens is 450 g/mol. The molecule has 0 aliphatic carbocycles. The normalized spacial score (nSPS) is 10.5. The Labute approximate surface area is 181 Å². The molecule has 0 amide bonds. The topological polar surface area (TPSA) is 3.01 Å². The Morgan fingerprint density at radius 1 is 0.846 bits per heavy atom. The van der Waals surface area contributed by atoms with Crippen LogP contribution in [0.2, 0.25) is 0 Å². The van der Waals surface area contributed by atoms with Crippen molar-refractivity contribution in [3.8, 4) is 0 Å². The second kappa shape index (κ2) is 17.0. The SMILES string of the molecule is CCCCCCCCCCCCc1ccc(C=[N+](C)C)c(CCBr)c1.[Br-]. The van der Waals surface area contributed by atoms with E-state index in [0.717, 1.165) is 11.8 Å². The summed E-state index contributed by atoms with van der Waals surface area (Å²) in [7, 11) is 4.19. The van der Waals surface area contributed by atoms with Gasteiger partial charge in [-0.15, -0.1) is 0 Å². The zero-order valence-electron chi connectivity index (χ0n) is 17.2. The first kappa shape index (κ1) is 25.9. The molecule has 0 unspecified atom stereocenters. The number of hydrogen-bond acceptors (Lipinski definition) is 0. The average molecular weight is 489 g/mol. The lowest BCUT2D eigenvalue weighted by atomic mass is 9.98. The molecular formula is C23H39Br2N. The number of hydrogen-bond donors (Lipinski definition) is 0. The maximum atomic E-state index is 3.59. The molecule has 0 radical (unpaired) electrons. The molecule has 1 rings (SSSR count). The number of benzene rings is 1. The minimum absolute atomic E-state index is 0. The molecule has 0 spiro atoms. The zero-order chi connectivity index (χ0) is 18.3. The van der Waals surface area contributed by atoms with Gasteiger partial charge in [0.25, 0.3) is 0 Å². The molecule has 3 heteroatoms. The lowest BCUT2D eigenvalue weighted by Gasteiger charge is -2.08. The summed E-state index contributed by atoms with van der Waals surface area (Å²) >= 11 is 3.59. The summed E-state index contributed by atoms with van der Waals surface area (Å²) in [6.07, 6.45) is 18.7. The van der Waals surface area contributed by atoms with Crippen LogP contribution in [0.3, 0.4) is 0 Å². The van der Waals surface area contributed by atoms with Gasteiger partial charge in [-0.1, -0.05) is 92.8 Å². The quantitative estimate of drug-likeness (QED) is 0.162. The van der Waals surface area contributed by atoms with Crippen molar-refractivity contribution in [1.82, 2.24) is 0 Å². The van der Waals surface area contributed by atoms with E-state index in [9.17, 15) is 0 Å². The highest BCUT2D eigenvalue weighted by Gasteiger charge is 2.05. The van der Waals surface area contributed by atoms with Crippen LogP contribution < -0.4 is 17.0 Å². The van der Waals surface area contributed by atoms with E-state index in [0.29, 0.717) is 0 Å². The van der Waals surface area contributed by atoms with Gasteiger partial charge in [-0.05, 0) is 36.5 Å². The number of unbranched alkanes of at least 4 members (excludes halogenated alkanes) is 9. The van der Waals surface area contributed by atoms with Gasteiger partial charge in [0.15, 0.2) is 6.21 Å². The van der Waals surface area contributed by atoms with Crippen molar-refractivity contribution in [2.45, 2.75) is 84.0 Å². The lowest BCUT2D eigenvalue weighted by Crippen LogP contribution is -3.00. The summed E-state index contributed by atoms with van der Waals surface area (Å²) in [5.41, 5.74) is 4.33. The Morgan fingerprint density at radius 3 is 1.96 bits per heavy atom. The molecule has 0 bridgehead atoms. The number of halogens is 2. The van der Waals surface area contributed by atoms with Gasteiger partial charge in [0.05, 0.1) is 0 Å². The molecule has 26 heavy (non-hydrogen) atoms. The largest absolute Gasteiger partial charge is 1.00 e. The molecule has 0 heterocycles. The van der Waals surface area contributed by atoms with Crippen molar-refractivity contribution in [2.75, 3.05) is 19.4 Å². The molecule has 1 nitrogen and oxygen atoms in total. The molecule has 150 valence electrons. The number of rotatable bonds is 14. The van der Waals surface area contributed by atoms with Crippen LogP contribution in [0.4, 0.5) is 0 Å². The van der Waals surface area contributed by atoms with Crippen LogP contribution >= 0.6 is 15.9 Å². The molecule has 0 aliphatic rings. The van der Waals surface area contributed by atoms with Crippen LogP contribution in [-0.2, 0) is 12.8 Å². The van der Waals surface area contributed by atoms with E-state index in [-0.39, 0.29) is 17.0 Å². The Hall–Kier alpha value is -0.150. The van der Waals surface area contributed by atoms with Gasteiger partial charge in [0.2, 0.25) is 0 Å². The maximum absolute atomic E-state index is 3.59. The minimum atomic E-state index is 0. The Bertz CT molecular complexity index is 493. The Kier molecular flexibility index (Phi) is 16.9. The highest BCUT2D eigenvalue weighted by atomic mass is 79.9. The molecule has 0 aromatic heterocycles. The number of alkyl halides is 1.